The van der Waals surface area contributed by atoms with E-state index >= 15 is 0 Å². The molecule has 288 valence electrons. The van der Waals surface area contributed by atoms with E-state index in [1.165, 1.54) is 27.1 Å². The molecule has 3 aromatic heterocycles. The molecule has 0 aliphatic rings. The van der Waals surface area contributed by atoms with Gasteiger partial charge in [0.1, 0.15) is 22.3 Å². The molecule has 0 aliphatic carbocycles. The van der Waals surface area contributed by atoms with Gasteiger partial charge in [0, 0.05) is 38.2 Å². The number of hydrogen-bond donors (Lipinski definition) is 0. The van der Waals surface area contributed by atoms with Gasteiger partial charge in [0.05, 0.1) is 0 Å². The van der Waals surface area contributed by atoms with E-state index in [0.717, 1.165) is 88.0 Å². The van der Waals surface area contributed by atoms with Crippen LogP contribution in [0.25, 0.3) is 133 Å². The van der Waals surface area contributed by atoms with Gasteiger partial charge in [-0.2, -0.15) is 0 Å². The minimum absolute atomic E-state index is 0.572. The van der Waals surface area contributed by atoms with E-state index in [1.54, 1.807) is 0 Å². The lowest BCUT2D eigenvalue weighted by atomic mass is 9.97. The molecule has 0 bridgehead atoms. The largest absolute Gasteiger partial charge is 0.456 e. The van der Waals surface area contributed by atoms with Crippen LogP contribution in [0.2, 0.25) is 0 Å². The Kier molecular flexibility index (Phi) is 7.54. The molecule has 0 fully saturated rings. The summed E-state index contributed by atoms with van der Waals surface area (Å²) in [7, 11) is 0. The van der Waals surface area contributed by atoms with E-state index in [-0.39, 0.29) is 0 Å². The second kappa shape index (κ2) is 13.6. The minimum Gasteiger partial charge on any atom is -0.456 e. The number of hydrogen-bond acceptors (Lipinski definition) is 5. The summed E-state index contributed by atoms with van der Waals surface area (Å²) in [6.45, 7) is 0. The predicted molar refractivity (Wildman–Crippen MR) is 254 cm³/mol. The summed E-state index contributed by atoms with van der Waals surface area (Å²) in [5.41, 5.74) is 10.5. The Morgan fingerprint density at radius 3 is 1.73 bits per heavy atom. The average Bonchev–Trinajstić information content (AvgIpc) is 3.90. The van der Waals surface area contributed by atoms with Gasteiger partial charge in [0.25, 0.3) is 0 Å². The van der Waals surface area contributed by atoms with Crippen LogP contribution < -0.4 is 0 Å². The molecule has 0 unspecified atom stereocenters. The summed E-state index contributed by atoms with van der Waals surface area (Å²) < 4.78 is 12.9. The van der Waals surface area contributed by atoms with Crippen LogP contribution in [-0.4, -0.2) is 15.0 Å². The fraction of sp³-hybridized carbons (Fsp3) is 0. The first kappa shape index (κ1) is 34.5. The van der Waals surface area contributed by atoms with Crippen molar-refractivity contribution in [3.63, 3.8) is 0 Å². The van der Waals surface area contributed by atoms with Crippen molar-refractivity contribution >= 4 is 76.2 Å². The fourth-order valence-electron chi connectivity index (χ4n) is 9.20. The van der Waals surface area contributed by atoms with Crippen LogP contribution in [0, 0.1) is 0 Å². The third kappa shape index (κ3) is 5.60. The van der Waals surface area contributed by atoms with E-state index in [9.17, 15) is 0 Å². The molecule has 0 radical (unpaired) electrons. The van der Waals surface area contributed by atoms with Crippen LogP contribution in [0.15, 0.2) is 209 Å². The number of benzene rings is 10. The molecule has 0 saturated heterocycles. The minimum atomic E-state index is 0.572. The van der Waals surface area contributed by atoms with Gasteiger partial charge in [-0.25, -0.2) is 15.0 Å². The lowest BCUT2D eigenvalue weighted by Crippen LogP contribution is -2.00. The van der Waals surface area contributed by atoms with Crippen LogP contribution in [-0.2, 0) is 0 Å². The van der Waals surface area contributed by atoms with Gasteiger partial charge in [0.15, 0.2) is 17.5 Å². The summed E-state index contributed by atoms with van der Waals surface area (Å²) in [6, 6.07) is 70.0. The highest BCUT2D eigenvalue weighted by Gasteiger charge is 2.19. The van der Waals surface area contributed by atoms with Gasteiger partial charge in [0.2, 0.25) is 0 Å². The van der Waals surface area contributed by atoms with Crippen molar-refractivity contribution in [1.29, 1.82) is 0 Å². The maximum atomic E-state index is 6.60. The van der Waals surface area contributed by atoms with Gasteiger partial charge >= 0.3 is 0 Å². The standard InChI is InChI=1S/C57H33N3O2/c1-2-11-38-29-39(24-19-34(38)9-1)41-27-28-47-52(32-41)62-51-18-8-16-48(54(47)51)57-59-55(37-22-20-36(21-23-37)45-15-7-12-35-10-3-4-13-44(35)45)58-56(60-57)42-26-25-40-31-49-46-14-5-6-17-50(46)61-53(49)33-43(40)30-42/h1-33H. The smallest absolute Gasteiger partial charge is 0.164 e. The average molecular weight is 792 g/mol. The fourth-order valence-corrected chi connectivity index (χ4v) is 9.20. The highest BCUT2D eigenvalue weighted by Crippen LogP contribution is 2.40. The van der Waals surface area contributed by atoms with E-state index in [0.29, 0.717) is 17.5 Å². The Bertz CT molecular complexity index is 3930. The van der Waals surface area contributed by atoms with E-state index in [2.05, 4.69) is 170 Å². The SMILES string of the molecule is c1ccc2cc(-c3ccc4c(c3)oc3cccc(-c5nc(-c6ccc(-c7cccc8ccccc78)cc6)nc(-c6ccc7cc8c(cc7c6)oc6ccccc68)n5)c34)ccc2c1. The highest BCUT2D eigenvalue weighted by molar-refractivity contribution is 6.13. The summed E-state index contributed by atoms with van der Waals surface area (Å²) >= 11 is 0. The number of aromatic nitrogens is 3. The maximum absolute atomic E-state index is 6.60. The summed E-state index contributed by atoms with van der Waals surface area (Å²) in [4.78, 5) is 15.7. The summed E-state index contributed by atoms with van der Waals surface area (Å²) in [6.07, 6.45) is 0. The molecule has 0 N–H and O–H groups in total. The number of nitrogens with zero attached hydrogens (tertiary/aromatic N) is 3. The lowest BCUT2D eigenvalue weighted by Gasteiger charge is -2.11. The van der Waals surface area contributed by atoms with Gasteiger partial charge in [-0.05, 0) is 103 Å². The third-order valence-corrected chi connectivity index (χ3v) is 12.3. The van der Waals surface area contributed by atoms with Crippen molar-refractivity contribution in [2.75, 3.05) is 0 Å². The maximum Gasteiger partial charge on any atom is 0.164 e. The van der Waals surface area contributed by atoms with Crippen molar-refractivity contribution in [2.24, 2.45) is 0 Å². The van der Waals surface area contributed by atoms with Crippen LogP contribution in [0.5, 0.6) is 0 Å². The number of furan rings is 2. The molecule has 3 heterocycles. The lowest BCUT2D eigenvalue weighted by molar-refractivity contribution is 0.669. The highest BCUT2D eigenvalue weighted by atomic mass is 16.3. The molecule has 0 atom stereocenters. The third-order valence-electron chi connectivity index (χ3n) is 12.3. The Balaban J connectivity index is 0.970. The van der Waals surface area contributed by atoms with E-state index in [4.69, 9.17) is 23.8 Å². The first-order valence-electron chi connectivity index (χ1n) is 20.8. The molecule has 10 aromatic carbocycles. The molecule has 13 aromatic rings. The predicted octanol–water partition coefficient (Wildman–Crippen LogP) is 15.5. The van der Waals surface area contributed by atoms with E-state index < -0.39 is 0 Å². The Hall–Kier alpha value is -8.41. The molecular weight excluding hydrogens is 759 g/mol. The van der Waals surface area contributed by atoms with Crippen molar-refractivity contribution in [3.05, 3.63) is 200 Å². The van der Waals surface area contributed by atoms with Crippen molar-refractivity contribution in [1.82, 2.24) is 15.0 Å². The van der Waals surface area contributed by atoms with E-state index in [1.807, 2.05) is 30.3 Å². The molecule has 5 nitrogen and oxygen atoms in total. The Labute approximate surface area is 355 Å². The molecule has 0 spiro atoms. The molecule has 0 saturated carbocycles. The van der Waals surface area contributed by atoms with Gasteiger partial charge in [-0.3, -0.25) is 0 Å². The van der Waals surface area contributed by atoms with Crippen LogP contribution >= 0.6 is 0 Å². The number of rotatable bonds is 5. The van der Waals surface area contributed by atoms with Crippen LogP contribution in [0.1, 0.15) is 0 Å². The first-order valence-corrected chi connectivity index (χ1v) is 20.8. The zero-order chi connectivity index (χ0) is 40.7. The van der Waals surface area contributed by atoms with Crippen LogP contribution in [0.3, 0.4) is 0 Å². The summed E-state index contributed by atoms with van der Waals surface area (Å²) in [5.74, 6) is 1.74. The van der Waals surface area contributed by atoms with Crippen molar-refractivity contribution in [2.45, 2.75) is 0 Å². The molecule has 13 rings (SSSR count). The monoisotopic (exact) mass is 791 g/mol. The molecule has 0 amide bonds. The molecule has 5 heteroatoms. The Morgan fingerprint density at radius 2 is 0.823 bits per heavy atom. The van der Waals surface area contributed by atoms with Crippen molar-refractivity contribution in [3.8, 4) is 56.4 Å². The number of fused-ring (bicyclic) bond motifs is 9. The topological polar surface area (TPSA) is 65.0 Å². The van der Waals surface area contributed by atoms with Gasteiger partial charge in [-0.15, -0.1) is 0 Å². The molecule has 0 aliphatic heterocycles. The molecule has 62 heavy (non-hydrogen) atoms. The first-order chi connectivity index (χ1) is 30.7. The molecular formula is C57H33N3O2. The van der Waals surface area contributed by atoms with Gasteiger partial charge in [-0.1, -0.05) is 152 Å². The quantitative estimate of drug-likeness (QED) is 0.174. The second-order valence-electron chi connectivity index (χ2n) is 16.0. The summed E-state index contributed by atoms with van der Waals surface area (Å²) in [5, 5.41) is 11.2. The zero-order valence-corrected chi connectivity index (χ0v) is 33.2. The zero-order valence-electron chi connectivity index (χ0n) is 33.2. The second-order valence-corrected chi connectivity index (χ2v) is 16.0. The Morgan fingerprint density at radius 1 is 0.258 bits per heavy atom. The van der Waals surface area contributed by atoms with Crippen LogP contribution in [0.4, 0.5) is 0 Å². The van der Waals surface area contributed by atoms with Crippen molar-refractivity contribution < 1.29 is 8.83 Å². The number of para-hydroxylation sites is 1. The van der Waals surface area contributed by atoms with Gasteiger partial charge < -0.3 is 8.83 Å². The normalized spacial score (nSPS) is 11.9.